The molecule has 0 saturated carbocycles. The first-order valence-corrected chi connectivity index (χ1v) is 7.95. The molecule has 2 aromatic rings. The maximum Gasteiger partial charge on any atom is 0.265 e. The molecule has 26 heavy (non-hydrogen) atoms. The molecule has 138 valence electrons. The van der Waals surface area contributed by atoms with Crippen molar-refractivity contribution in [2.75, 3.05) is 26.1 Å². The fourth-order valence-corrected chi connectivity index (χ4v) is 2.41. The molecule has 0 heterocycles. The van der Waals surface area contributed by atoms with Gasteiger partial charge in [0.15, 0.2) is 18.1 Å². The third-order valence-corrected chi connectivity index (χ3v) is 3.61. The van der Waals surface area contributed by atoms with Crippen molar-refractivity contribution >= 4 is 29.4 Å². The summed E-state index contributed by atoms with van der Waals surface area (Å²) in [6.45, 7) is 1.39. The van der Waals surface area contributed by atoms with Crippen LogP contribution in [0.1, 0.15) is 11.1 Å². The lowest BCUT2D eigenvalue weighted by Crippen LogP contribution is -2.17. The number of carbonyl (C=O) groups excluding carboxylic acids is 1. The van der Waals surface area contributed by atoms with E-state index in [1.807, 2.05) is 0 Å². The monoisotopic (exact) mass is 380 g/mol. The van der Waals surface area contributed by atoms with Gasteiger partial charge < -0.3 is 19.6 Å². The van der Waals surface area contributed by atoms with Gasteiger partial charge in [0.1, 0.15) is 5.82 Å². The second-order valence-electron chi connectivity index (χ2n) is 5.28. The molecule has 0 radical (unpaired) electrons. The molecule has 0 fully saturated rings. The van der Waals surface area contributed by atoms with Crippen molar-refractivity contribution in [1.82, 2.24) is 0 Å². The second kappa shape index (κ2) is 9.05. The van der Waals surface area contributed by atoms with Crippen molar-refractivity contribution in [3.8, 4) is 11.5 Å². The van der Waals surface area contributed by atoms with Gasteiger partial charge in [0.2, 0.25) is 0 Å². The molecule has 0 aromatic heterocycles. The highest BCUT2D eigenvalue weighted by atomic mass is 35.5. The summed E-state index contributed by atoms with van der Waals surface area (Å²) in [6, 6.07) is 7.77. The van der Waals surface area contributed by atoms with E-state index in [1.165, 1.54) is 32.6 Å². The van der Waals surface area contributed by atoms with Gasteiger partial charge in [-0.05, 0) is 36.8 Å². The quantitative estimate of drug-likeness (QED) is 0.586. The topological polar surface area (TPSA) is 69.2 Å². The van der Waals surface area contributed by atoms with Gasteiger partial charge in [-0.3, -0.25) is 4.79 Å². The Kier molecular flexibility index (Phi) is 6.80. The minimum Gasteiger partial charge on any atom is -0.493 e. The third-order valence-electron chi connectivity index (χ3n) is 3.33. The number of halogens is 2. The van der Waals surface area contributed by atoms with E-state index < -0.39 is 11.7 Å². The van der Waals surface area contributed by atoms with Crippen LogP contribution < -0.4 is 14.8 Å². The van der Waals surface area contributed by atoms with E-state index in [9.17, 15) is 9.18 Å². The predicted octanol–water partition coefficient (Wildman–Crippen LogP) is 3.79. The Labute approximate surface area is 155 Å². The predicted molar refractivity (Wildman–Crippen MR) is 97.9 cm³/mol. The van der Waals surface area contributed by atoms with Gasteiger partial charge in [0, 0.05) is 5.56 Å². The van der Waals surface area contributed by atoms with Gasteiger partial charge in [-0.25, -0.2) is 4.39 Å². The van der Waals surface area contributed by atoms with Crippen LogP contribution in [0.3, 0.4) is 0 Å². The minimum absolute atomic E-state index is 0.0832. The molecule has 0 saturated heterocycles. The number of anilines is 1. The molecule has 0 aliphatic heterocycles. The maximum absolute atomic E-state index is 13.7. The number of oxime groups is 1. The first-order chi connectivity index (χ1) is 12.4. The van der Waals surface area contributed by atoms with Crippen LogP contribution in [0.4, 0.5) is 10.1 Å². The number of ether oxygens (including phenoxy) is 2. The highest BCUT2D eigenvalue weighted by Gasteiger charge is 2.10. The van der Waals surface area contributed by atoms with E-state index in [2.05, 4.69) is 10.5 Å². The Hall–Kier alpha value is -2.80. The van der Waals surface area contributed by atoms with Crippen LogP contribution in [-0.2, 0) is 9.63 Å². The van der Waals surface area contributed by atoms with Crippen LogP contribution >= 0.6 is 11.6 Å². The number of nitrogens with one attached hydrogen (secondary N) is 1. The van der Waals surface area contributed by atoms with E-state index >= 15 is 0 Å². The Morgan fingerprint density at radius 2 is 2.04 bits per heavy atom. The first-order valence-electron chi connectivity index (χ1n) is 7.57. The fourth-order valence-electron chi connectivity index (χ4n) is 2.11. The molecular weight excluding hydrogens is 363 g/mol. The highest BCUT2D eigenvalue weighted by molar-refractivity contribution is 6.32. The highest BCUT2D eigenvalue weighted by Crippen LogP contribution is 2.35. The van der Waals surface area contributed by atoms with Crippen molar-refractivity contribution in [3.63, 3.8) is 0 Å². The Morgan fingerprint density at radius 1 is 1.27 bits per heavy atom. The number of aryl methyl sites for hydroxylation is 1. The summed E-state index contributed by atoms with van der Waals surface area (Å²) in [5, 5.41) is 6.45. The largest absolute Gasteiger partial charge is 0.493 e. The number of nitrogens with zero attached hydrogens (tertiary/aromatic N) is 1. The Morgan fingerprint density at radius 3 is 2.69 bits per heavy atom. The number of methoxy groups -OCH3 is 2. The molecule has 0 aliphatic rings. The standard InChI is InChI=1S/C18H18ClFN2O4/c1-11-4-5-15(14(20)6-11)22-17(23)10-26-21-9-12-7-13(19)18(25-3)16(8-12)24-2/h4-9H,10H2,1-3H3,(H,22,23)/b21-9+. The van der Waals surface area contributed by atoms with Gasteiger partial charge in [-0.15, -0.1) is 0 Å². The smallest absolute Gasteiger partial charge is 0.265 e. The van der Waals surface area contributed by atoms with Crippen LogP contribution in [0.5, 0.6) is 11.5 Å². The number of hydrogen-bond donors (Lipinski definition) is 1. The second-order valence-corrected chi connectivity index (χ2v) is 5.68. The molecule has 2 rings (SSSR count). The van der Waals surface area contributed by atoms with Crippen LogP contribution in [0.25, 0.3) is 0 Å². The number of rotatable bonds is 7. The van der Waals surface area contributed by atoms with Crippen molar-refractivity contribution in [2.24, 2.45) is 5.16 Å². The van der Waals surface area contributed by atoms with Crippen molar-refractivity contribution < 1.29 is 23.5 Å². The van der Waals surface area contributed by atoms with Crippen LogP contribution in [0, 0.1) is 12.7 Å². The van der Waals surface area contributed by atoms with Gasteiger partial charge >= 0.3 is 0 Å². The molecule has 2 aromatic carbocycles. The van der Waals surface area contributed by atoms with Gasteiger partial charge in [-0.2, -0.15) is 0 Å². The average Bonchev–Trinajstić information content (AvgIpc) is 2.60. The first kappa shape index (κ1) is 19.5. The molecular formula is C18H18ClFN2O4. The average molecular weight is 381 g/mol. The Bertz CT molecular complexity index is 827. The summed E-state index contributed by atoms with van der Waals surface area (Å²) in [5.74, 6) is -0.196. The van der Waals surface area contributed by atoms with Crippen molar-refractivity contribution in [3.05, 3.63) is 52.3 Å². The zero-order valence-electron chi connectivity index (χ0n) is 14.5. The summed E-state index contributed by atoms with van der Waals surface area (Å²) in [4.78, 5) is 16.7. The lowest BCUT2D eigenvalue weighted by atomic mass is 10.2. The summed E-state index contributed by atoms with van der Waals surface area (Å²) in [6.07, 6.45) is 1.37. The minimum atomic E-state index is -0.532. The molecule has 0 aliphatic carbocycles. The summed E-state index contributed by atoms with van der Waals surface area (Å²) < 4.78 is 24.0. The summed E-state index contributed by atoms with van der Waals surface area (Å²) >= 11 is 6.09. The molecule has 0 atom stereocenters. The van der Waals surface area contributed by atoms with Gasteiger partial charge in [0.25, 0.3) is 5.91 Å². The molecule has 0 unspecified atom stereocenters. The van der Waals surface area contributed by atoms with E-state index in [0.29, 0.717) is 22.1 Å². The SMILES string of the molecule is COc1cc(/C=N/OCC(=O)Nc2ccc(C)cc2F)cc(Cl)c1OC. The Balaban J connectivity index is 1.92. The van der Waals surface area contributed by atoms with Crippen molar-refractivity contribution in [2.45, 2.75) is 6.92 Å². The fraction of sp³-hybridized carbons (Fsp3) is 0.222. The van der Waals surface area contributed by atoms with Crippen LogP contribution in [0.2, 0.25) is 5.02 Å². The van der Waals surface area contributed by atoms with Crippen molar-refractivity contribution in [1.29, 1.82) is 0 Å². The lowest BCUT2D eigenvalue weighted by molar-refractivity contribution is -0.120. The molecule has 0 bridgehead atoms. The summed E-state index contributed by atoms with van der Waals surface area (Å²) in [7, 11) is 2.97. The zero-order valence-corrected chi connectivity index (χ0v) is 15.3. The normalized spacial score (nSPS) is 10.7. The number of hydrogen-bond acceptors (Lipinski definition) is 5. The van der Waals surface area contributed by atoms with E-state index in [4.69, 9.17) is 25.9 Å². The maximum atomic E-state index is 13.7. The van der Waals surface area contributed by atoms with E-state index in [1.54, 1.807) is 25.1 Å². The lowest BCUT2D eigenvalue weighted by Gasteiger charge is -2.09. The number of amides is 1. The molecule has 8 heteroatoms. The molecule has 1 amide bonds. The van der Waals surface area contributed by atoms with E-state index in [-0.39, 0.29) is 12.3 Å². The van der Waals surface area contributed by atoms with Crippen LogP contribution in [0.15, 0.2) is 35.5 Å². The van der Waals surface area contributed by atoms with Crippen LogP contribution in [-0.4, -0.2) is 32.9 Å². The van der Waals surface area contributed by atoms with Gasteiger partial charge in [0.05, 0.1) is 31.1 Å². The third kappa shape index (κ3) is 5.10. The molecule has 0 spiro atoms. The van der Waals surface area contributed by atoms with Gasteiger partial charge in [-0.1, -0.05) is 22.8 Å². The molecule has 1 N–H and O–H groups in total. The number of benzene rings is 2. The number of carbonyl (C=O) groups is 1. The molecule has 6 nitrogen and oxygen atoms in total. The summed E-state index contributed by atoms with van der Waals surface area (Å²) in [5.41, 5.74) is 1.44. The zero-order chi connectivity index (χ0) is 19.1. The van der Waals surface area contributed by atoms with E-state index in [0.717, 1.165) is 5.56 Å².